The van der Waals surface area contributed by atoms with Crippen LogP contribution in [0.3, 0.4) is 0 Å². The van der Waals surface area contributed by atoms with E-state index in [4.69, 9.17) is 5.73 Å². The van der Waals surface area contributed by atoms with Gasteiger partial charge in [0.25, 0.3) is 0 Å². The molecule has 4 fully saturated rings. The van der Waals surface area contributed by atoms with Crippen molar-refractivity contribution in [2.75, 3.05) is 6.54 Å². The molecule has 2 nitrogen and oxygen atoms in total. The van der Waals surface area contributed by atoms with Crippen LogP contribution in [0.2, 0.25) is 0 Å². The lowest BCUT2D eigenvalue weighted by molar-refractivity contribution is -0.139. The molecular weight excluding hydrogens is 270 g/mol. The molecule has 7 atom stereocenters. The zero-order valence-electron chi connectivity index (χ0n) is 14.4. The van der Waals surface area contributed by atoms with Crippen LogP contribution in [0.5, 0.6) is 0 Å². The Morgan fingerprint density at radius 2 is 1.77 bits per heavy atom. The molecule has 0 aromatic heterocycles. The van der Waals surface area contributed by atoms with Gasteiger partial charge in [-0.25, -0.2) is 0 Å². The summed E-state index contributed by atoms with van der Waals surface area (Å²) in [4.78, 5) is 11.9. The quantitative estimate of drug-likeness (QED) is 0.790. The predicted octanol–water partition coefficient (Wildman–Crippen LogP) is 4.17. The van der Waals surface area contributed by atoms with Crippen LogP contribution >= 0.6 is 0 Å². The molecule has 0 aromatic rings. The summed E-state index contributed by atoms with van der Waals surface area (Å²) in [6.45, 7) is 5.98. The topological polar surface area (TPSA) is 43.1 Å². The Kier molecular flexibility index (Phi) is 3.49. The van der Waals surface area contributed by atoms with Crippen molar-refractivity contribution in [3.05, 3.63) is 0 Å². The number of hydrogen-bond acceptors (Lipinski definition) is 2. The SMILES string of the molecule is C[C@]12CCC(=O)C[C@@H]1CC[C@@H]1[C@@H]2CC[C@]2(C)C(CN)CC[C@@H]12. The molecule has 4 aliphatic carbocycles. The Labute approximate surface area is 135 Å². The maximum Gasteiger partial charge on any atom is 0.133 e. The monoisotopic (exact) mass is 303 g/mol. The molecule has 22 heavy (non-hydrogen) atoms. The number of hydrogen-bond donors (Lipinski definition) is 1. The molecule has 0 heterocycles. The molecule has 0 spiro atoms. The van der Waals surface area contributed by atoms with E-state index in [1.54, 1.807) is 0 Å². The number of carbonyl (C=O) groups is 1. The molecular formula is C20H33NO. The van der Waals surface area contributed by atoms with E-state index in [9.17, 15) is 4.79 Å². The van der Waals surface area contributed by atoms with Crippen molar-refractivity contribution < 1.29 is 4.79 Å². The first-order valence-corrected chi connectivity index (χ1v) is 9.71. The largest absolute Gasteiger partial charge is 0.330 e. The molecule has 0 bridgehead atoms. The molecule has 2 heteroatoms. The van der Waals surface area contributed by atoms with E-state index in [0.29, 0.717) is 22.5 Å². The van der Waals surface area contributed by atoms with Crippen molar-refractivity contribution in [2.24, 2.45) is 46.2 Å². The minimum Gasteiger partial charge on any atom is -0.330 e. The second-order valence-corrected chi connectivity index (χ2v) is 9.45. The summed E-state index contributed by atoms with van der Waals surface area (Å²) < 4.78 is 0. The number of nitrogens with two attached hydrogens (primary N) is 1. The Bertz CT molecular complexity index is 474. The van der Waals surface area contributed by atoms with Crippen LogP contribution in [0.25, 0.3) is 0 Å². The number of carbonyl (C=O) groups excluding carboxylic acids is 1. The van der Waals surface area contributed by atoms with Crippen LogP contribution in [-0.2, 0) is 4.79 Å². The Balaban J connectivity index is 1.62. The highest BCUT2D eigenvalue weighted by Crippen LogP contribution is 2.67. The van der Waals surface area contributed by atoms with Gasteiger partial charge in [-0.3, -0.25) is 4.79 Å². The van der Waals surface area contributed by atoms with Gasteiger partial charge >= 0.3 is 0 Å². The first-order valence-electron chi connectivity index (χ1n) is 9.71. The zero-order valence-corrected chi connectivity index (χ0v) is 14.4. The normalized spacial score (nSPS) is 54.5. The lowest BCUT2D eigenvalue weighted by atomic mass is 9.45. The molecule has 1 unspecified atom stereocenters. The van der Waals surface area contributed by atoms with Crippen LogP contribution in [0.4, 0.5) is 0 Å². The molecule has 2 N–H and O–H groups in total. The second kappa shape index (κ2) is 5.06. The summed E-state index contributed by atoms with van der Waals surface area (Å²) in [7, 11) is 0. The van der Waals surface area contributed by atoms with E-state index >= 15 is 0 Å². The van der Waals surface area contributed by atoms with Crippen LogP contribution in [-0.4, -0.2) is 12.3 Å². The van der Waals surface area contributed by atoms with E-state index < -0.39 is 0 Å². The molecule has 4 saturated carbocycles. The third kappa shape index (κ3) is 1.92. The average Bonchev–Trinajstić information content (AvgIpc) is 2.84. The summed E-state index contributed by atoms with van der Waals surface area (Å²) in [5, 5.41) is 0. The highest BCUT2D eigenvalue weighted by molar-refractivity contribution is 5.79. The summed E-state index contributed by atoms with van der Waals surface area (Å²) in [5.41, 5.74) is 7.08. The Morgan fingerprint density at radius 1 is 1.00 bits per heavy atom. The zero-order chi connectivity index (χ0) is 15.5. The van der Waals surface area contributed by atoms with Gasteiger partial charge in [0, 0.05) is 12.8 Å². The fourth-order valence-electron chi connectivity index (χ4n) is 7.54. The van der Waals surface area contributed by atoms with Crippen molar-refractivity contribution in [3.8, 4) is 0 Å². The summed E-state index contributed by atoms with van der Waals surface area (Å²) in [6.07, 6.45) is 11.2. The number of rotatable bonds is 1. The van der Waals surface area contributed by atoms with E-state index in [0.717, 1.165) is 43.1 Å². The highest BCUT2D eigenvalue weighted by atomic mass is 16.1. The van der Waals surface area contributed by atoms with Crippen molar-refractivity contribution in [3.63, 3.8) is 0 Å². The van der Waals surface area contributed by atoms with E-state index in [1.807, 2.05) is 0 Å². The van der Waals surface area contributed by atoms with Gasteiger partial charge in [-0.2, -0.15) is 0 Å². The van der Waals surface area contributed by atoms with E-state index in [2.05, 4.69) is 13.8 Å². The lowest BCUT2D eigenvalue weighted by Gasteiger charge is -2.60. The molecule has 4 rings (SSSR count). The van der Waals surface area contributed by atoms with Gasteiger partial charge in [-0.15, -0.1) is 0 Å². The van der Waals surface area contributed by atoms with Gasteiger partial charge in [0.15, 0.2) is 0 Å². The Morgan fingerprint density at radius 3 is 2.55 bits per heavy atom. The van der Waals surface area contributed by atoms with Crippen molar-refractivity contribution in [2.45, 2.75) is 71.6 Å². The van der Waals surface area contributed by atoms with Crippen LogP contribution < -0.4 is 5.73 Å². The molecule has 0 radical (unpaired) electrons. The second-order valence-electron chi connectivity index (χ2n) is 9.45. The summed E-state index contributed by atoms with van der Waals surface area (Å²) >= 11 is 0. The van der Waals surface area contributed by atoms with Crippen LogP contribution in [0, 0.1) is 40.4 Å². The van der Waals surface area contributed by atoms with Gasteiger partial charge in [0.1, 0.15) is 5.78 Å². The molecule has 0 aliphatic heterocycles. The molecule has 0 amide bonds. The fourth-order valence-corrected chi connectivity index (χ4v) is 7.54. The highest BCUT2D eigenvalue weighted by Gasteiger charge is 2.59. The maximum absolute atomic E-state index is 11.9. The van der Waals surface area contributed by atoms with Crippen LogP contribution in [0.15, 0.2) is 0 Å². The third-order valence-corrected chi connectivity index (χ3v) is 8.96. The maximum atomic E-state index is 11.9. The van der Waals surface area contributed by atoms with E-state index in [-0.39, 0.29) is 0 Å². The van der Waals surface area contributed by atoms with Gasteiger partial charge in [0.05, 0.1) is 0 Å². The molecule has 0 aromatic carbocycles. The minimum atomic E-state index is 0.457. The Hall–Kier alpha value is -0.370. The first kappa shape index (κ1) is 15.2. The molecule has 0 saturated heterocycles. The fraction of sp³-hybridized carbons (Fsp3) is 0.950. The van der Waals surface area contributed by atoms with Gasteiger partial charge in [-0.1, -0.05) is 13.8 Å². The van der Waals surface area contributed by atoms with Crippen molar-refractivity contribution in [1.29, 1.82) is 0 Å². The summed E-state index contributed by atoms with van der Waals surface area (Å²) in [5.74, 6) is 4.70. The predicted molar refractivity (Wildman–Crippen MR) is 89.3 cm³/mol. The number of ketones is 1. The first-order chi connectivity index (χ1) is 10.5. The van der Waals surface area contributed by atoms with Crippen molar-refractivity contribution >= 4 is 5.78 Å². The molecule has 4 aliphatic rings. The van der Waals surface area contributed by atoms with Crippen molar-refractivity contribution in [1.82, 2.24) is 0 Å². The summed E-state index contributed by atoms with van der Waals surface area (Å²) in [6, 6.07) is 0. The minimum absolute atomic E-state index is 0.457. The average molecular weight is 303 g/mol. The van der Waals surface area contributed by atoms with Gasteiger partial charge in [0.2, 0.25) is 0 Å². The van der Waals surface area contributed by atoms with E-state index in [1.165, 1.54) is 44.9 Å². The smallest absolute Gasteiger partial charge is 0.133 e. The van der Waals surface area contributed by atoms with Crippen LogP contribution in [0.1, 0.15) is 71.6 Å². The standard InChI is InChI=1S/C20H33NO/c1-19-9-7-15(22)11-13(19)3-5-16-17-6-4-14(12-21)20(17,2)10-8-18(16)19/h13-14,16-18H,3-12,21H2,1-2H3/t13-,14?,16-,17-,18-,19-,20+/m0/s1. The third-order valence-electron chi connectivity index (χ3n) is 8.96. The van der Waals surface area contributed by atoms with Gasteiger partial charge < -0.3 is 5.73 Å². The number of Topliss-reactive ketones (excluding diaryl/α,β-unsaturated/α-hetero) is 1. The molecule has 124 valence electrons. The number of fused-ring (bicyclic) bond motifs is 5. The lowest BCUT2D eigenvalue weighted by Crippen LogP contribution is -2.53. The van der Waals surface area contributed by atoms with Gasteiger partial charge in [-0.05, 0) is 91.9 Å².